The number of nitro groups is 1. The summed E-state index contributed by atoms with van der Waals surface area (Å²) in [6, 6.07) is 1.42. The molecular weight excluding hydrogens is 257 g/mol. The van der Waals surface area contributed by atoms with E-state index in [2.05, 4.69) is 0 Å². The van der Waals surface area contributed by atoms with Gasteiger partial charge in [0.1, 0.15) is 5.82 Å². The van der Waals surface area contributed by atoms with Crippen LogP contribution in [0.2, 0.25) is 0 Å². The number of nitro benzene ring substituents is 1. The van der Waals surface area contributed by atoms with E-state index in [1.54, 1.807) is 6.92 Å². The first-order chi connectivity index (χ1) is 8.86. The van der Waals surface area contributed by atoms with Gasteiger partial charge < -0.3 is 9.84 Å². The molecule has 0 fully saturated rings. The zero-order valence-corrected chi connectivity index (χ0v) is 10.6. The molecule has 1 rings (SSSR count). The summed E-state index contributed by atoms with van der Waals surface area (Å²) in [6.45, 7) is 3.62. The maximum atomic E-state index is 13.4. The molecule has 0 amide bonds. The largest absolute Gasteiger partial charge is 0.484 e. The monoisotopic (exact) mass is 271 g/mol. The highest BCUT2D eigenvalue weighted by Crippen LogP contribution is 2.31. The molecule has 0 aliphatic carbocycles. The van der Waals surface area contributed by atoms with Crippen LogP contribution in [0.3, 0.4) is 0 Å². The first-order valence-corrected chi connectivity index (χ1v) is 5.74. The van der Waals surface area contributed by atoms with Crippen LogP contribution in [0.25, 0.3) is 0 Å². The number of ether oxygens (including phenoxy) is 1. The summed E-state index contributed by atoms with van der Waals surface area (Å²) >= 11 is 0. The zero-order valence-electron chi connectivity index (χ0n) is 10.6. The van der Waals surface area contributed by atoms with Gasteiger partial charge in [-0.3, -0.25) is 10.1 Å². The van der Waals surface area contributed by atoms with Crippen LogP contribution in [-0.4, -0.2) is 22.1 Å². The minimum Gasteiger partial charge on any atom is -0.484 e. The third-order valence-electron chi connectivity index (χ3n) is 2.50. The third kappa shape index (κ3) is 3.64. The zero-order chi connectivity index (χ0) is 14.6. The topological polar surface area (TPSA) is 89.7 Å². The van der Waals surface area contributed by atoms with E-state index in [0.29, 0.717) is 12.5 Å². The van der Waals surface area contributed by atoms with E-state index in [1.807, 2.05) is 6.92 Å². The lowest BCUT2D eigenvalue weighted by Gasteiger charge is -2.14. The van der Waals surface area contributed by atoms with E-state index in [1.165, 1.54) is 0 Å². The Balaban J connectivity index is 3.21. The van der Waals surface area contributed by atoms with E-state index in [-0.39, 0.29) is 11.9 Å². The van der Waals surface area contributed by atoms with Crippen molar-refractivity contribution in [3.63, 3.8) is 0 Å². The van der Waals surface area contributed by atoms with Crippen LogP contribution in [0.15, 0.2) is 12.1 Å². The van der Waals surface area contributed by atoms with E-state index in [4.69, 9.17) is 9.84 Å². The summed E-state index contributed by atoms with van der Waals surface area (Å²) in [7, 11) is 0. The van der Waals surface area contributed by atoms with Gasteiger partial charge in [-0.05, 0) is 13.3 Å². The van der Waals surface area contributed by atoms with E-state index in [0.717, 1.165) is 12.5 Å². The summed E-state index contributed by atoms with van der Waals surface area (Å²) in [4.78, 5) is 20.8. The van der Waals surface area contributed by atoms with Crippen molar-refractivity contribution >= 4 is 11.7 Å². The highest BCUT2D eigenvalue weighted by Gasteiger charge is 2.23. The minimum atomic E-state index is -1.50. The van der Waals surface area contributed by atoms with Crippen molar-refractivity contribution in [2.75, 3.05) is 0 Å². The summed E-state index contributed by atoms with van der Waals surface area (Å²) in [5.74, 6) is -2.89. The maximum Gasteiger partial charge on any atom is 0.338 e. The van der Waals surface area contributed by atoms with Crippen molar-refractivity contribution in [1.82, 2.24) is 0 Å². The Morgan fingerprint density at radius 1 is 1.58 bits per heavy atom. The molecule has 0 heterocycles. The van der Waals surface area contributed by atoms with E-state index < -0.39 is 28.0 Å². The Bertz CT molecular complexity index is 503. The molecule has 1 atom stereocenters. The molecule has 1 aromatic carbocycles. The van der Waals surface area contributed by atoms with Gasteiger partial charge in [-0.15, -0.1) is 0 Å². The number of carboxylic acid groups (broad SMARTS) is 1. The van der Waals surface area contributed by atoms with Gasteiger partial charge in [0.25, 0.3) is 0 Å². The second-order valence-corrected chi connectivity index (χ2v) is 4.08. The third-order valence-corrected chi connectivity index (χ3v) is 2.50. The SMILES string of the molecule is CCCC(C)Oc1cc(C(=O)O)c(F)cc1[N+](=O)[O-]. The molecule has 1 N–H and O–H groups in total. The molecule has 104 valence electrons. The number of halogens is 1. The number of hydrogen-bond donors (Lipinski definition) is 1. The number of nitrogens with zero attached hydrogens (tertiary/aromatic N) is 1. The smallest absolute Gasteiger partial charge is 0.338 e. The molecule has 0 radical (unpaired) electrons. The van der Waals surface area contributed by atoms with Gasteiger partial charge in [-0.25, -0.2) is 9.18 Å². The van der Waals surface area contributed by atoms with Crippen LogP contribution in [0.1, 0.15) is 37.0 Å². The van der Waals surface area contributed by atoms with Gasteiger partial charge in [0.15, 0.2) is 5.75 Å². The molecule has 0 aromatic heterocycles. The molecule has 0 aliphatic rings. The second kappa shape index (κ2) is 6.12. The van der Waals surface area contributed by atoms with Crippen LogP contribution in [-0.2, 0) is 0 Å². The molecule has 0 bridgehead atoms. The Labute approximate surface area is 109 Å². The Kier molecular flexibility index (Phi) is 4.80. The molecule has 0 saturated carbocycles. The Morgan fingerprint density at radius 2 is 2.21 bits per heavy atom. The lowest BCUT2D eigenvalue weighted by atomic mass is 10.1. The number of rotatable bonds is 6. The van der Waals surface area contributed by atoms with Gasteiger partial charge >= 0.3 is 11.7 Å². The molecule has 19 heavy (non-hydrogen) atoms. The average molecular weight is 271 g/mol. The number of carboxylic acids is 1. The Morgan fingerprint density at radius 3 is 2.68 bits per heavy atom. The highest BCUT2D eigenvalue weighted by atomic mass is 19.1. The van der Waals surface area contributed by atoms with Crippen molar-refractivity contribution in [2.45, 2.75) is 32.8 Å². The molecule has 1 aromatic rings. The predicted molar refractivity (Wildman–Crippen MR) is 65.0 cm³/mol. The molecule has 0 aliphatic heterocycles. The molecule has 1 unspecified atom stereocenters. The van der Waals surface area contributed by atoms with Gasteiger partial charge in [-0.1, -0.05) is 13.3 Å². The van der Waals surface area contributed by atoms with E-state index in [9.17, 15) is 19.3 Å². The number of carbonyl (C=O) groups is 1. The first-order valence-electron chi connectivity index (χ1n) is 5.74. The average Bonchev–Trinajstić information content (AvgIpc) is 2.30. The van der Waals surface area contributed by atoms with Crippen LogP contribution in [0.4, 0.5) is 10.1 Å². The van der Waals surface area contributed by atoms with Crippen molar-refractivity contribution in [1.29, 1.82) is 0 Å². The van der Waals surface area contributed by atoms with Crippen LogP contribution in [0.5, 0.6) is 5.75 Å². The minimum absolute atomic E-state index is 0.232. The van der Waals surface area contributed by atoms with Crippen molar-refractivity contribution in [2.24, 2.45) is 0 Å². The summed E-state index contributed by atoms with van der Waals surface area (Å²) in [5.41, 5.74) is -1.23. The second-order valence-electron chi connectivity index (χ2n) is 4.08. The van der Waals surface area contributed by atoms with Gasteiger partial charge in [0.05, 0.1) is 22.7 Å². The van der Waals surface area contributed by atoms with Crippen molar-refractivity contribution in [3.05, 3.63) is 33.6 Å². The normalized spacial score (nSPS) is 11.9. The molecule has 7 heteroatoms. The fourth-order valence-corrected chi connectivity index (χ4v) is 1.63. The van der Waals surface area contributed by atoms with Crippen LogP contribution in [0, 0.1) is 15.9 Å². The molecular formula is C12H14FNO5. The fourth-order valence-electron chi connectivity index (χ4n) is 1.63. The summed E-state index contributed by atoms with van der Waals surface area (Å²) in [5, 5.41) is 19.6. The molecule has 6 nitrogen and oxygen atoms in total. The van der Waals surface area contributed by atoms with Gasteiger partial charge in [-0.2, -0.15) is 0 Å². The van der Waals surface area contributed by atoms with Crippen molar-refractivity contribution < 1.29 is 24.0 Å². The van der Waals surface area contributed by atoms with Gasteiger partial charge in [0.2, 0.25) is 0 Å². The summed E-state index contributed by atoms with van der Waals surface area (Å²) in [6.07, 6.45) is 1.13. The first kappa shape index (κ1) is 14.9. The quantitative estimate of drug-likeness (QED) is 0.634. The van der Waals surface area contributed by atoms with E-state index >= 15 is 0 Å². The van der Waals surface area contributed by atoms with Crippen LogP contribution >= 0.6 is 0 Å². The molecule has 0 saturated heterocycles. The standard InChI is InChI=1S/C12H14FNO5/c1-3-4-7(2)19-11-5-8(12(15)16)9(13)6-10(11)14(17)18/h5-7H,3-4H2,1-2H3,(H,15,16). The molecule has 0 spiro atoms. The van der Waals surface area contributed by atoms with Gasteiger partial charge in [0, 0.05) is 6.07 Å². The fraction of sp³-hybridized carbons (Fsp3) is 0.417. The highest BCUT2D eigenvalue weighted by molar-refractivity contribution is 5.89. The Hall–Kier alpha value is -2.18. The van der Waals surface area contributed by atoms with Crippen LogP contribution < -0.4 is 4.74 Å². The number of hydrogen-bond acceptors (Lipinski definition) is 4. The maximum absolute atomic E-state index is 13.4. The summed E-state index contributed by atoms with van der Waals surface area (Å²) < 4.78 is 18.7. The van der Waals surface area contributed by atoms with Crippen molar-refractivity contribution in [3.8, 4) is 5.75 Å². The number of aromatic carboxylic acids is 1. The number of benzene rings is 1. The predicted octanol–water partition coefficient (Wildman–Crippen LogP) is 3.00. The lowest BCUT2D eigenvalue weighted by molar-refractivity contribution is -0.386. The lowest BCUT2D eigenvalue weighted by Crippen LogP contribution is -2.13.